The highest BCUT2D eigenvalue weighted by Crippen LogP contribution is 2.31. The Hall–Kier alpha value is -1.59. The number of para-hydroxylation sites is 1. The summed E-state index contributed by atoms with van der Waals surface area (Å²) in [6, 6.07) is 8.32. The Morgan fingerprint density at radius 3 is 2.71 bits per heavy atom. The second-order valence-electron chi connectivity index (χ2n) is 6.63. The molecule has 0 aliphatic carbocycles. The van der Waals surface area contributed by atoms with E-state index >= 15 is 0 Å². The molecule has 1 atom stereocenters. The third kappa shape index (κ3) is 4.08. The lowest BCUT2D eigenvalue weighted by molar-refractivity contribution is -0.128. The van der Waals surface area contributed by atoms with Gasteiger partial charge in [-0.3, -0.25) is 9.69 Å². The molecule has 0 radical (unpaired) electrons. The molecule has 0 saturated carbocycles. The fourth-order valence-electron chi connectivity index (χ4n) is 3.73. The maximum Gasteiger partial charge on any atom is 0.223 e. The lowest BCUT2D eigenvalue weighted by Crippen LogP contribution is -2.40. The Morgan fingerprint density at radius 1 is 1.29 bits per heavy atom. The number of carbonyl (C=O) groups excluding carboxylic acids is 1. The highest BCUT2D eigenvalue weighted by molar-refractivity contribution is 5.78. The van der Waals surface area contributed by atoms with Crippen LogP contribution in [0.5, 0.6) is 5.75 Å². The first-order valence-corrected chi connectivity index (χ1v) is 9.02. The summed E-state index contributed by atoms with van der Waals surface area (Å²) < 4.78 is 10.9. The number of hydrogen-bond acceptors (Lipinski definition) is 4. The van der Waals surface area contributed by atoms with Crippen LogP contribution in [0.15, 0.2) is 24.3 Å². The minimum atomic E-state index is 0.0932. The number of rotatable bonds is 6. The van der Waals surface area contributed by atoms with E-state index in [0.717, 1.165) is 37.2 Å². The lowest BCUT2D eigenvalue weighted by atomic mass is 9.98. The maximum absolute atomic E-state index is 12.5. The monoisotopic (exact) mass is 332 g/mol. The first kappa shape index (κ1) is 17.2. The Labute approximate surface area is 144 Å². The predicted octanol–water partition coefficient (Wildman–Crippen LogP) is 2.37. The van der Waals surface area contributed by atoms with E-state index in [9.17, 15) is 4.79 Å². The van der Waals surface area contributed by atoms with Crippen molar-refractivity contribution in [1.29, 1.82) is 0 Å². The van der Waals surface area contributed by atoms with Crippen molar-refractivity contribution in [2.45, 2.75) is 31.7 Å². The van der Waals surface area contributed by atoms with Crippen molar-refractivity contribution < 1.29 is 14.3 Å². The fourth-order valence-corrected chi connectivity index (χ4v) is 3.73. The third-order valence-electron chi connectivity index (χ3n) is 5.14. The maximum atomic E-state index is 12.5. The summed E-state index contributed by atoms with van der Waals surface area (Å²) in [7, 11) is 1.71. The molecule has 1 aromatic rings. The average Bonchev–Trinajstić information content (AvgIpc) is 3.17. The predicted molar refractivity (Wildman–Crippen MR) is 93.1 cm³/mol. The number of amides is 1. The quantitative estimate of drug-likeness (QED) is 0.869. The topological polar surface area (TPSA) is 50.8 Å². The standard InChI is InChI=1S/C19H28N2O3/c1-23-18-7-3-2-6-16(18)17(21-10-4-5-11-21)14-20-19(22)15-8-12-24-13-9-15/h2-3,6-7,15,17H,4-5,8-14H2,1H3,(H,20,22). The van der Waals surface area contributed by atoms with Crippen LogP contribution in [-0.4, -0.2) is 50.8 Å². The molecule has 3 rings (SSSR count). The van der Waals surface area contributed by atoms with Gasteiger partial charge >= 0.3 is 0 Å². The zero-order chi connectivity index (χ0) is 16.8. The fraction of sp³-hybridized carbons (Fsp3) is 0.632. The molecule has 1 aromatic carbocycles. The van der Waals surface area contributed by atoms with Crippen molar-refractivity contribution in [3.05, 3.63) is 29.8 Å². The van der Waals surface area contributed by atoms with Crippen molar-refractivity contribution >= 4 is 5.91 Å². The van der Waals surface area contributed by atoms with Crippen LogP contribution in [0.25, 0.3) is 0 Å². The third-order valence-corrected chi connectivity index (χ3v) is 5.14. The Kier molecular flexibility index (Phi) is 6.10. The van der Waals surface area contributed by atoms with Gasteiger partial charge in [-0.15, -0.1) is 0 Å². The van der Waals surface area contributed by atoms with E-state index in [1.54, 1.807) is 7.11 Å². The van der Waals surface area contributed by atoms with Gasteiger partial charge in [0.2, 0.25) is 5.91 Å². The van der Waals surface area contributed by atoms with Crippen molar-refractivity contribution in [2.75, 3.05) is 40.0 Å². The molecule has 2 saturated heterocycles. The summed E-state index contributed by atoms with van der Waals surface area (Å²) in [4.78, 5) is 14.9. The molecule has 2 aliphatic heterocycles. The van der Waals surface area contributed by atoms with Crippen LogP contribution in [0, 0.1) is 5.92 Å². The van der Waals surface area contributed by atoms with Crippen LogP contribution in [0.2, 0.25) is 0 Å². The molecular weight excluding hydrogens is 304 g/mol. The van der Waals surface area contributed by atoms with Gasteiger partial charge < -0.3 is 14.8 Å². The van der Waals surface area contributed by atoms with Crippen molar-refractivity contribution in [1.82, 2.24) is 10.2 Å². The molecule has 24 heavy (non-hydrogen) atoms. The lowest BCUT2D eigenvalue weighted by Gasteiger charge is -2.30. The largest absolute Gasteiger partial charge is 0.496 e. The molecule has 2 aliphatic rings. The molecular formula is C19H28N2O3. The van der Waals surface area contributed by atoms with Crippen LogP contribution >= 0.6 is 0 Å². The van der Waals surface area contributed by atoms with E-state index in [2.05, 4.69) is 16.3 Å². The molecule has 1 unspecified atom stereocenters. The number of likely N-dealkylation sites (tertiary alicyclic amines) is 1. The van der Waals surface area contributed by atoms with Crippen molar-refractivity contribution in [3.63, 3.8) is 0 Å². The van der Waals surface area contributed by atoms with Gasteiger partial charge in [-0.25, -0.2) is 0 Å². The van der Waals surface area contributed by atoms with Crippen LogP contribution in [-0.2, 0) is 9.53 Å². The first-order valence-electron chi connectivity index (χ1n) is 9.02. The van der Waals surface area contributed by atoms with Gasteiger partial charge in [0.05, 0.1) is 13.2 Å². The van der Waals surface area contributed by atoms with E-state index in [1.165, 1.54) is 12.8 Å². The highest BCUT2D eigenvalue weighted by atomic mass is 16.5. The number of nitrogens with one attached hydrogen (secondary N) is 1. The molecule has 5 nitrogen and oxygen atoms in total. The summed E-state index contributed by atoms with van der Waals surface area (Å²) in [5.74, 6) is 1.16. The second kappa shape index (κ2) is 8.49. The summed E-state index contributed by atoms with van der Waals surface area (Å²) in [5.41, 5.74) is 1.16. The number of hydrogen-bond donors (Lipinski definition) is 1. The van der Waals surface area contributed by atoms with Gasteiger partial charge in [0.1, 0.15) is 5.75 Å². The van der Waals surface area contributed by atoms with Gasteiger partial charge in [0.25, 0.3) is 0 Å². The summed E-state index contributed by atoms with van der Waals surface area (Å²) in [6.45, 7) is 4.18. The molecule has 1 amide bonds. The van der Waals surface area contributed by atoms with Crippen LogP contribution in [0.1, 0.15) is 37.3 Å². The number of nitrogens with zero attached hydrogens (tertiary/aromatic N) is 1. The summed E-state index contributed by atoms with van der Waals surface area (Å²) in [5, 5.41) is 3.19. The Balaban J connectivity index is 1.69. The molecule has 0 bridgehead atoms. The molecule has 2 fully saturated rings. The normalized spacial score (nSPS) is 20.7. The van der Waals surface area contributed by atoms with E-state index in [-0.39, 0.29) is 17.9 Å². The van der Waals surface area contributed by atoms with Crippen LogP contribution < -0.4 is 10.1 Å². The smallest absolute Gasteiger partial charge is 0.223 e. The van der Waals surface area contributed by atoms with E-state index in [4.69, 9.17) is 9.47 Å². The first-order chi connectivity index (χ1) is 11.8. The number of methoxy groups -OCH3 is 1. The number of ether oxygens (including phenoxy) is 2. The summed E-state index contributed by atoms with van der Waals surface area (Å²) >= 11 is 0. The van der Waals surface area contributed by atoms with Crippen LogP contribution in [0.4, 0.5) is 0 Å². The van der Waals surface area contributed by atoms with Gasteiger partial charge in [-0.1, -0.05) is 18.2 Å². The van der Waals surface area contributed by atoms with E-state index < -0.39 is 0 Å². The minimum Gasteiger partial charge on any atom is -0.496 e. The molecule has 0 spiro atoms. The van der Waals surface area contributed by atoms with Gasteiger partial charge in [0, 0.05) is 31.2 Å². The Morgan fingerprint density at radius 2 is 2.00 bits per heavy atom. The Bertz CT molecular complexity index is 537. The molecule has 5 heteroatoms. The number of carbonyl (C=O) groups is 1. The molecule has 132 valence electrons. The molecule has 2 heterocycles. The molecule has 0 aromatic heterocycles. The van der Waals surface area contributed by atoms with Gasteiger partial charge in [-0.05, 0) is 44.8 Å². The van der Waals surface area contributed by atoms with E-state index in [0.29, 0.717) is 19.8 Å². The van der Waals surface area contributed by atoms with Crippen LogP contribution in [0.3, 0.4) is 0 Å². The minimum absolute atomic E-state index is 0.0932. The van der Waals surface area contributed by atoms with Gasteiger partial charge in [-0.2, -0.15) is 0 Å². The van der Waals surface area contributed by atoms with Crippen molar-refractivity contribution in [3.8, 4) is 5.75 Å². The SMILES string of the molecule is COc1ccccc1C(CNC(=O)C1CCOCC1)N1CCCC1. The van der Waals surface area contributed by atoms with E-state index in [1.807, 2.05) is 18.2 Å². The second-order valence-corrected chi connectivity index (χ2v) is 6.63. The average molecular weight is 332 g/mol. The number of benzene rings is 1. The van der Waals surface area contributed by atoms with Crippen molar-refractivity contribution in [2.24, 2.45) is 5.92 Å². The van der Waals surface area contributed by atoms with Gasteiger partial charge in [0.15, 0.2) is 0 Å². The summed E-state index contributed by atoms with van der Waals surface area (Å²) in [6.07, 6.45) is 4.10. The highest BCUT2D eigenvalue weighted by Gasteiger charge is 2.28. The zero-order valence-electron chi connectivity index (χ0n) is 14.5. The zero-order valence-corrected chi connectivity index (χ0v) is 14.5. The molecule has 1 N–H and O–H groups in total.